The normalized spacial score (nSPS) is 11.3. The standard InChI is InChI=1S/C24H24N2O3S.ClH/c27-23(28)16-26(20-12-5-2-6-13-20)24(29)22(17-30)25-15-19-11-7-8-14-21(19)18-9-3-1-4-10-18;/h1-14,22,25,30H,15-17H2,(H,27,28);1H/t22-;/m0./s1. The number of rotatable bonds is 9. The van der Waals surface area contributed by atoms with Crippen molar-refractivity contribution in [2.45, 2.75) is 12.6 Å². The molecule has 0 fully saturated rings. The molecule has 31 heavy (non-hydrogen) atoms. The molecule has 3 aromatic rings. The summed E-state index contributed by atoms with van der Waals surface area (Å²) < 4.78 is 0. The molecule has 0 heterocycles. The summed E-state index contributed by atoms with van der Waals surface area (Å²) in [5.74, 6) is -1.15. The zero-order valence-corrected chi connectivity index (χ0v) is 18.6. The third kappa shape index (κ3) is 6.59. The summed E-state index contributed by atoms with van der Waals surface area (Å²) in [7, 11) is 0. The van der Waals surface area contributed by atoms with Gasteiger partial charge in [-0.1, -0.05) is 72.8 Å². The van der Waals surface area contributed by atoms with E-state index in [2.05, 4.69) is 17.9 Å². The van der Waals surface area contributed by atoms with Crippen molar-refractivity contribution in [3.63, 3.8) is 0 Å². The number of hydrogen-bond donors (Lipinski definition) is 3. The summed E-state index contributed by atoms with van der Waals surface area (Å²) in [4.78, 5) is 25.8. The van der Waals surface area contributed by atoms with Gasteiger partial charge in [0.1, 0.15) is 6.54 Å². The second-order valence-corrected chi connectivity index (χ2v) is 7.16. The van der Waals surface area contributed by atoms with E-state index in [-0.39, 0.29) is 24.1 Å². The van der Waals surface area contributed by atoms with Crippen molar-refractivity contribution in [3.8, 4) is 11.1 Å². The molecule has 0 aromatic heterocycles. The molecular formula is C24H25ClN2O3S. The summed E-state index contributed by atoms with van der Waals surface area (Å²) in [5.41, 5.74) is 3.78. The van der Waals surface area contributed by atoms with Crippen molar-refractivity contribution < 1.29 is 14.7 Å². The van der Waals surface area contributed by atoms with E-state index in [1.54, 1.807) is 24.3 Å². The lowest BCUT2D eigenvalue weighted by molar-refractivity contribution is -0.136. The fourth-order valence-electron chi connectivity index (χ4n) is 3.26. The minimum absolute atomic E-state index is 0. The Labute approximate surface area is 193 Å². The third-order valence-corrected chi connectivity index (χ3v) is 5.11. The molecule has 3 aromatic carbocycles. The smallest absolute Gasteiger partial charge is 0.323 e. The average Bonchev–Trinajstić information content (AvgIpc) is 2.79. The molecule has 0 saturated heterocycles. The van der Waals surface area contributed by atoms with Crippen molar-refractivity contribution in [2.75, 3.05) is 17.2 Å². The van der Waals surface area contributed by atoms with Crippen molar-refractivity contribution in [3.05, 3.63) is 90.5 Å². The Kier molecular flexibility index (Phi) is 9.59. The molecule has 162 valence electrons. The second-order valence-electron chi connectivity index (χ2n) is 6.79. The van der Waals surface area contributed by atoms with E-state index in [9.17, 15) is 14.7 Å². The first-order valence-electron chi connectivity index (χ1n) is 9.66. The number of benzene rings is 3. The van der Waals surface area contributed by atoms with Gasteiger partial charge in [-0.2, -0.15) is 12.6 Å². The van der Waals surface area contributed by atoms with Gasteiger partial charge < -0.3 is 10.4 Å². The zero-order chi connectivity index (χ0) is 21.3. The van der Waals surface area contributed by atoms with Crippen LogP contribution in [0.1, 0.15) is 5.56 Å². The number of aliphatic carboxylic acids is 1. The molecule has 0 unspecified atom stereocenters. The van der Waals surface area contributed by atoms with Crippen LogP contribution in [0, 0.1) is 0 Å². The molecule has 0 spiro atoms. The van der Waals surface area contributed by atoms with Crippen molar-refractivity contribution >= 4 is 42.6 Å². The largest absolute Gasteiger partial charge is 0.480 e. The first-order valence-corrected chi connectivity index (χ1v) is 10.3. The molecular weight excluding hydrogens is 432 g/mol. The van der Waals surface area contributed by atoms with Gasteiger partial charge in [0.05, 0.1) is 6.04 Å². The van der Waals surface area contributed by atoms with Crippen molar-refractivity contribution in [2.24, 2.45) is 0 Å². The molecule has 0 aliphatic heterocycles. The Balaban J connectivity index is 0.00000341. The summed E-state index contributed by atoms with van der Waals surface area (Å²) in [5, 5.41) is 12.5. The number of nitrogens with zero attached hydrogens (tertiary/aromatic N) is 1. The van der Waals surface area contributed by atoms with Crippen LogP contribution in [0.15, 0.2) is 84.9 Å². The summed E-state index contributed by atoms with van der Waals surface area (Å²) in [6.45, 7) is 0.0488. The molecule has 1 atom stereocenters. The van der Waals surface area contributed by atoms with E-state index in [0.717, 1.165) is 16.7 Å². The molecule has 0 radical (unpaired) electrons. The Hall–Kier alpha value is -2.80. The van der Waals surface area contributed by atoms with Crippen LogP contribution in [0.2, 0.25) is 0 Å². The topological polar surface area (TPSA) is 69.6 Å². The Morgan fingerprint density at radius 3 is 2.10 bits per heavy atom. The zero-order valence-electron chi connectivity index (χ0n) is 16.8. The number of carboxylic acid groups (broad SMARTS) is 1. The molecule has 7 heteroatoms. The van der Waals surface area contributed by atoms with Crippen LogP contribution in [0.3, 0.4) is 0 Å². The number of anilines is 1. The monoisotopic (exact) mass is 456 g/mol. The predicted octanol–water partition coefficient (Wildman–Crippen LogP) is 4.28. The van der Waals surface area contributed by atoms with Gasteiger partial charge in [-0.05, 0) is 28.8 Å². The number of halogens is 1. The number of carbonyl (C=O) groups is 2. The minimum Gasteiger partial charge on any atom is -0.480 e. The lowest BCUT2D eigenvalue weighted by Crippen LogP contribution is -2.49. The Bertz CT molecular complexity index is 986. The highest BCUT2D eigenvalue weighted by Gasteiger charge is 2.26. The van der Waals surface area contributed by atoms with E-state index in [1.807, 2.05) is 60.7 Å². The average molecular weight is 457 g/mol. The third-order valence-electron chi connectivity index (χ3n) is 4.75. The van der Waals surface area contributed by atoms with Crippen LogP contribution in [0.5, 0.6) is 0 Å². The van der Waals surface area contributed by atoms with Crippen LogP contribution in [-0.2, 0) is 16.1 Å². The minimum atomic E-state index is -1.07. The van der Waals surface area contributed by atoms with Crippen LogP contribution >= 0.6 is 25.0 Å². The van der Waals surface area contributed by atoms with E-state index in [1.165, 1.54) is 4.90 Å². The fraction of sp³-hybridized carbons (Fsp3) is 0.167. The maximum Gasteiger partial charge on any atom is 0.323 e. The van der Waals surface area contributed by atoms with Crippen LogP contribution in [-0.4, -0.2) is 35.3 Å². The highest BCUT2D eigenvalue weighted by atomic mass is 35.5. The molecule has 5 nitrogen and oxygen atoms in total. The number of amides is 1. The second kappa shape index (κ2) is 12.2. The number of para-hydroxylation sites is 1. The number of nitrogens with one attached hydrogen (secondary N) is 1. The lowest BCUT2D eigenvalue weighted by Gasteiger charge is -2.26. The SMILES string of the molecule is Cl.O=C(O)CN(C(=O)[C@H](CS)NCc1ccccc1-c1ccccc1)c1ccccc1. The van der Waals surface area contributed by atoms with Gasteiger partial charge in [-0.3, -0.25) is 14.5 Å². The van der Waals surface area contributed by atoms with Gasteiger partial charge in [-0.15, -0.1) is 12.4 Å². The van der Waals surface area contributed by atoms with Crippen LogP contribution in [0.4, 0.5) is 5.69 Å². The van der Waals surface area contributed by atoms with E-state index < -0.39 is 18.6 Å². The molecule has 2 N–H and O–H groups in total. The maximum absolute atomic E-state index is 13.1. The van der Waals surface area contributed by atoms with E-state index >= 15 is 0 Å². The van der Waals surface area contributed by atoms with Crippen molar-refractivity contribution in [1.29, 1.82) is 0 Å². The van der Waals surface area contributed by atoms with Gasteiger partial charge in [0.2, 0.25) is 5.91 Å². The molecule has 0 bridgehead atoms. The summed E-state index contributed by atoms with van der Waals surface area (Å²) in [6.07, 6.45) is 0. The van der Waals surface area contributed by atoms with Crippen molar-refractivity contribution in [1.82, 2.24) is 5.32 Å². The molecule has 3 rings (SSSR count). The van der Waals surface area contributed by atoms with Crippen LogP contribution in [0.25, 0.3) is 11.1 Å². The predicted molar refractivity (Wildman–Crippen MR) is 130 cm³/mol. The Morgan fingerprint density at radius 1 is 0.903 bits per heavy atom. The van der Waals surface area contributed by atoms with E-state index in [0.29, 0.717) is 12.2 Å². The molecule has 0 aliphatic rings. The first kappa shape index (κ1) is 24.5. The number of thiol groups is 1. The number of hydrogen-bond acceptors (Lipinski definition) is 4. The summed E-state index contributed by atoms with van der Waals surface area (Å²) in [6, 6.07) is 26.2. The fourth-order valence-corrected chi connectivity index (χ4v) is 3.55. The molecule has 1 amide bonds. The first-order chi connectivity index (χ1) is 14.6. The van der Waals surface area contributed by atoms with Crippen LogP contribution < -0.4 is 10.2 Å². The summed E-state index contributed by atoms with van der Waals surface area (Å²) >= 11 is 4.34. The highest BCUT2D eigenvalue weighted by molar-refractivity contribution is 7.80. The molecule has 0 saturated carbocycles. The van der Waals surface area contributed by atoms with Gasteiger partial charge in [0.25, 0.3) is 0 Å². The maximum atomic E-state index is 13.1. The molecule has 0 aliphatic carbocycles. The number of carboxylic acids is 1. The number of carbonyl (C=O) groups excluding carboxylic acids is 1. The van der Waals surface area contributed by atoms with Gasteiger partial charge in [-0.25, -0.2) is 0 Å². The van der Waals surface area contributed by atoms with Gasteiger partial charge >= 0.3 is 5.97 Å². The van der Waals surface area contributed by atoms with E-state index in [4.69, 9.17) is 0 Å². The Morgan fingerprint density at radius 2 is 1.48 bits per heavy atom. The van der Waals surface area contributed by atoms with Gasteiger partial charge in [0, 0.05) is 18.0 Å². The van der Waals surface area contributed by atoms with Gasteiger partial charge in [0.15, 0.2) is 0 Å². The quantitative estimate of drug-likeness (QED) is 0.420. The lowest BCUT2D eigenvalue weighted by atomic mass is 9.99. The highest BCUT2D eigenvalue weighted by Crippen LogP contribution is 2.23.